The highest BCUT2D eigenvalue weighted by Gasteiger charge is 2.18. The van der Waals surface area contributed by atoms with E-state index >= 15 is 0 Å². The number of aromatic nitrogens is 6. The van der Waals surface area contributed by atoms with E-state index in [0.29, 0.717) is 34.6 Å². The van der Waals surface area contributed by atoms with Crippen molar-refractivity contribution in [2.45, 2.75) is 39.3 Å². The number of benzene rings is 3. The molecule has 13 nitrogen and oxygen atoms in total. The number of H-pyrrole nitrogens is 1. The van der Waals surface area contributed by atoms with Gasteiger partial charge in [-0.1, -0.05) is 29.9 Å². The molecule has 0 aliphatic carbocycles. The number of amides is 1. The van der Waals surface area contributed by atoms with Crippen molar-refractivity contribution in [1.29, 1.82) is 5.26 Å². The first kappa shape index (κ1) is 37.9. The minimum Gasteiger partial charge on any atom is -0.473 e. The van der Waals surface area contributed by atoms with E-state index in [9.17, 15) is 14.4 Å². The third-order valence-corrected chi connectivity index (χ3v) is 9.98. The van der Waals surface area contributed by atoms with Gasteiger partial charge in [-0.25, -0.2) is 19.4 Å². The van der Waals surface area contributed by atoms with Crippen LogP contribution in [0.5, 0.6) is 0 Å². The molecule has 3 aromatic heterocycles. The summed E-state index contributed by atoms with van der Waals surface area (Å²) in [6, 6.07) is 14.3. The van der Waals surface area contributed by atoms with Gasteiger partial charge in [0, 0.05) is 68.3 Å². The van der Waals surface area contributed by atoms with E-state index in [0.717, 1.165) is 78.3 Å². The second kappa shape index (κ2) is 16.9. The number of aromatic amines is 1. The Balaban J connectivity index is 0.00000113. The van der Waals surface area contributed by atoms with Crippen LogP contribution >= 0.6 is 0 Å². The molecule has 2 aliphatic heterocycles. The monoisotopic (exact) mass is 754 g/mol. The van der Waals surface area contributed by atoms with Crippen LogP contribution in [0.4, 0.5) is 10.1 Å². The number of hydrogen-bond acceptors (Lipinski definition) is 9. The molecule has 3 aromatic carbocycles. The number of aliphatic imine (C=N–C) groups is 1. The number of fused-ring (bicyclic) bond motifs is 3. The Morgan fingerprint density at radius 1 is 1.20 bits per heavy atom. The number of nitrogens with zero attached hydrogens (tertiary/aromatic N) is 8. The number of allylic oxidation sites excluding steroid dienone is 3. The van der Waals surface area contributed by atoms with Crippen molar-refractivity contribution in [2.75, 3.05) is 31.6 Å². The number of rotatable bonds is 11. The summed E-state index contributed by atoms with van der Waals surface area (Å²) in [5, 5.41) is 19.6. The number of carbonyl (C=O) groups excluding carboxylic acids is 1. The lowest BCUT2D eigenvalue weighted by molar-refractivity contribution is 0.0367. The first-order valence-electron chi connectivity index (χ1n) is 18.4. The summed E-state index contributed by atoms with van der Waals surface area (Å²) in [5.74, 6) is 0.472. The molecule has 8 rings (SSSR count). The fraction of sp³-hybridized carbons (Fsp3) is 0.286. The number of ether oxygens (including phenoxy) is 2. The first-order valence-corrected chi connectivity index (χ1v) is 18.4. The zero-order valence-electron chi connectivity index (χ0n) is 31.7. The molecule has 0 spiro atoms. The Morgan fingerprint density at radius 2 is 2.02 bits per heavy atom. The topological polar surface area (TPSA) is 151 Å². The number of imidazole rings is 2. The molecule has 2 aliphatic rings. The highest BCUT2D eigenvalue weighted by atomic mass is 19.1. The molecule has 0 bridgehead atoms. The molecular formula is C42H43FN10O3. The molecule has 0 unspecified atom stereocenters. The molecule has 56 heavy (non-hydrogen) atoms. The van der Waals surface area contributed by atoms with E-state index in [1.165, 1.54) is 18.1 Å². The van der Waals surface area contributed by atoms with Crippen LogP contribution in [0, 0.1) is 24.1 Å². The smallest absolute Gasteiger partial charge is 0.255 e. The van der Waals surface area contributed by atoms with Gasteiger partial charge in [-0.2, -0.15) is 10.4 Å². The minimum atomic E-state index is -0.499. The summed E-state index contributed by atoms with van der Waals surface area (Å²) in [5.41, 5.74) is 7.73. The molecule has 1 saturated heterocycles. The molecule has 0 atom stereocenters. The van der Waals surface area contributed by atoms with Gasteiger partial charge in [-0.15, -0.1) is 0 Å². The predicted molar refractivity (Wildman–Crippen MR) is 214 cm³/mol. The summed E-state index contributed by atoms with van der Waals surface area (Å²) >= 11 is 0. The predicted octanol–water partition coefficient (Wildman–Crippen LogP) is 7.15. The molecular weight excluding hydrogens is 712 g/mol. The number of hydrogen-bond donors (Lipinski definition) is 2. The Morgan fingerprint density at radius 3 is 2.75 bits per heavy atom. The molecule has 0 radical (unpaired) electrons. The fourth-order valence-corrected chi connectivity index (χ4v) is 6.63. The van der Waals surface area contributed by atoms with Crippen LogP contribution in [0.15, 0.2) is 89.5 Å². The molecule has 5 heterocycles. The summed E-state index contributed by atoms with van der Waals surface area (Å²) < 4.78 is 29.1. The molecule has 6 aromatic rings. The van der Waals surface area contributed by atoms with E-state index in [2.05, 4.69) is 59.9 Å². The largest absolute Gasteiger partial charge is 0.473 e. The third-order valence-electron chi connectivity index (χ3n) is 9.98. The van der Waals surface area contributed by atoms with Gasteiger partial charge in [0.15, 0.2) is 5.82 Å². The summed E-state index contributed by atoms with van der Waals surface area (Å²) in [7, 11) is 3.85. The molecule has 14 heteroatoms. The molecule has 0 saturated carbocycles. The van der Waals surface area contributed by atoms with Gasteiger partial charge < -0.3 is 23.9 Å². The lowest BCUT2D eigenvalue weighted by atomic mass is 10.0. The van der Waals surface area contributed by atoms with Crippen LogP contribution in [0.3, 0.4) is 0 Å². The fourth-order valence-electron chi connectivity index (χ4n) is 6.63. The van der Waals surface area contributed by atoms with Gasteiger partial charge in [0.2, 0.25) is 5.88 Å². The van der Waals surface area contributed by atoms with Crippen LogP contribution in [0.1, 0.15) is 52.3 Å². The zero-order chi connectivity index (χ0) is 39.2. The second-order valence-electron chi connectivity index (χ2n) is 13.8. The van der Waals surface area contributed by atoms with E-state index in [1.807, 2.05) is 36.9 Å². The summed E-state index contributed by atoms with van der Waals surface area (Å²) in [6.45, 7) is 10.1. The van der Waals surface area contributed by atoms with E-state index in [-0.39, 0.29) is 18.0 Å². The zero-order valence-corrected chi connectivity index (χ0v) is 31.7. The molecule has 2 N–H and O–H groups in total. The maximum absolute atomic E-state index is 14.5. The van der Waals surface area contributed by atoms with Crippen molar-refractivity contribution >= 4 is 51.3 Å². The number of carbonyl (C=O) groups is 1. The Hall–Kier alpha value is -6.43. The quantitative estimate of drug-likeness (QED) is 0.0613. The standard InChI is InChI=1S/C39H37FN10O2.C3H6O/c1-24-30-18-29(19-31(40)37(30)47-46-24)44-39(51)26-11-12-33-32(17-26)45-34(49(33)4)21-50-15-13-25(14-16-50)7-5-6-8-35(42-2)52-22-28-10-9-27(20-41)38-36(28)43-23-48(38)3;1-2-4-3-1/h5-6,8-13,17-19,23H,2,7,14-16,21-22H2,1,3-4H3,(H,44,51)(H,46,47);1-3H2/b6-5-,35-8+;. The van der Waals surface area contributed by atoms with E-state index in [4.69, 9.17) is 14.5 Å². The Kier molecular flexibility index (Phi) is 11.4. The van der Waals surface area contributed by atoms with Crippen LogP contribution in [0.2, 0.25) is 0 Å². The van der Waals surface area contributed by atoms with E-state index in [1.54, 1.807) is 43.6 Å². The van der Waals surface area contributed by atoms with Gasteiger partial charge >= 0.3 is 0 Å². The van der Waals surface area contributed by atoms with Crippen LogP contribution in [-0.4, -0.2) is 73.1 Å². The minimum absolute atomic E-state index is 0.246. The first-order chi connectivity index (χ1) is 27.2. The van der Waals surface area contributed by atoms with Gasteiger partial charge in [0.1, 0.15) is 24.0 Å². The third kappa shape index (κ3) is 8.29. The number of halogens is 1. The number of anilines is 1. The average Bonchev–Trinajstić information content (AvgIpc) is 3.85. The van der Waals surface area contributed by atoms with Crippen molar-refractivity contribution in [2.24, 2.45) is 19.1 Å². The Bertz CT molecular complexity index is 2560. The maximum Gasteiger partial charge on any atom is 0.255 e. The highest BCUT2D eigenvalue weighted by molar-refractivity contribution is 6.06. The van der Waals surface area contributed by atoms with Crippen molar-refractivity contribution < 1.29 is 18.7 Å². The van der Waals surface area contributed by atoms with Crippen molar-refractivity contribution in [3.63, 3.8) is 0 Å². The lowest BCUT2D eigenvalue weighted by Crippen LogP contribution is -2.29. The molecule has 1 fully saturated rings. The van der Waals surface area contributed by atoms with Gasteiger partial charge in [0.25, 0.3) is 5.91 Å². The van der Waals surface area contributed by atoms with Crippen molar-refractivity contribution in [3.05, 3.63) is 119 Å². The van der Waals surface area contributed by atoms with Crippen molar-refractivity contribution in [3.8, 4) is 6.07 Å². The maximum atomic E-state index is 14.5. The van der Waals surface area contributed by atoms with Gasteiger partial charge in [0.05, 0.1) is 40.5 Å². The lowest BCUT2D eigenvalue weighted by Gasteiger charge is -2.25. The summed E-state index contributed by atoms with van der Waals surface area (Å²) in [4.78, 5) is 28.8. The van der Waals surface area contributed by atoms with Gasteiger partial charge in [-0.3, -0.25) is 14.8 Å². The van der Waals surface area contributed by atoms with E-state index < -0.39 is 5.82 Å². The van der Waals surface area contributed by atoms with Crippen molar-refractivity contribution in [1.82, 2.24) is 34.2 Å². The normalized spacial score (nSPS) is 14.7. The number of aryl methyl sites for hydroxylation is 3. The van der Waals surface area contributed by atoms with Crippen LogP contribution in [0.25, 0.3) is 33.0 Å². The average molecular weight is 755 g/mol. The number of nitriles is 1. The van der Waals surface area contributed by atoms with Crippen LogP contribution < -0.4 is 5.32 Å². The second-order valence-corrected chi connectivity index (χ2v) is 13.8. The van der Waals surface area contributed by atoms with Crippen LogP contribution in [-0.2, 0) is 36.7 Å². The van der Waals surface area contributed by atoms with Gasteiger partial charge in [-0.05, 0) is 75.4 Å². The molecule has 286 valence electrons. The summed E-state index contributed by atoms with van der Waals surface area (Å²) in [6.07, 6.45) is 12.8. The highest BCUT2D eigenvalue weighted by Crippen LogP contribution is 2.26. The number of nitrogens with one attached hydrogen (secondary N) is 2. The SMILES string of the molecule is C1COC1.C=N/C(=C\C=C/CC1=CCN(Cc2nc3cc(C(=O)Nc4cc(F)c5n[nH]c(C)c5c4)ccc3n2C)CC1)OCc1ccc(C#N)c2c1ncn2C. The Labute approximate surface area is 323 Å². The molecule has 1 amide bonds.